The number of nitro benzene ring substituents is 1. The summed E-state index contributed by atoms with van der Waals surface area (Å²) in [5.41, 5.74) is 1.54. The van der Waals surface area contributed by atoms with Crippen molar-refractivity contribution >= 4 is 49.1 Å². The predicted octanol–water partition coefficient (Wildman–Crippen LogP) is 4.90. The standard InChI is InChI=1S/C16H9Br2FN4O3/c17-11-5-10(23(25)26)6-12(18)15(11)20-16(24)14-7-13(21-22-14)8-1-3-9(19)4-2-8/h1-7H,(H,20,24)(H,21,22). The molecule has 0 saturated carbocycles. The van der Waals surface area contributed by atoms with Crippen LogP contribution in [0.15, 0.2) is 51.4 Å². The van der Waals surface area contributed by atoms with Gasteiger partial charge in [0.2, 0.25) is 0 Å². The predicted molar refractivity (Wildman–Crippen MR) is 100 cm³/mol. The lowest BCUT2D eigenvalue weighted by molar-refractivity contribution is -0.385. The second kappa shape index (κ2) is 7.34. The van der Waals surface area contributed by atoms with Gasteiger partial charge in [-0.05, 0) is 62.2 Å². The van der Waals surface area contributed by atoms with Crippen molar-refractivity contribution in [1.29, 1.82) is 0 Å². The summed E-state index contributed by atoms with van der Waals surface area (Å²) >= 11 is 6.41. The van der Waals surface area contributed by atoms with Crippen LogP contribution in [0, 0.1) is 15.9 Å². The third-order valence-corrected chi connectivity index (χ3v) is 4.69. The molecule has 3 rings (SSSR count). The lowest BCUT2D eigenvalue weighted by atomic mass is 10.1. The minimum Gasteiger partial charge on any atom is -0.319 e. The first-order valence-corrected chi connectivity index (χ1v) is 8.70. The summed E-state index contributed by atoms with van der Waals surface area (Å²) in [6.45, 7) is 0. The average molecular weight is 484 g/mol. The molecule has 1 aromatic heterocycles. The molecule has 0 radical (unpaired) electrons. The molecule has 132 valence electrons. The highest BCUT2D eigenvalue weighted by Crippen LogP contribution is 2.35. The lowest BCUT2D eigenvalue weighted by Gasteiger charge is -2.08. The van der Waals surface area contributed by atoms with Crippen molar-refractivity contribution in [3.63, 3.8) is 0 Å². The van der Waals surface area contributed by atoms with Crippen LogP contribution in [0.25, 0.3) is 11.3 Å². The number of nitro groups is 1. The van der Waals surface area contributed by atoms with E-state index in [1.54, 1.807) is 12.1 Å². The third kappa shape index (κ3) is 3.81. The molecule has 0 aliphatic heterocycles. The topological polar surface area (TPSA) is 101 Å². The van der Waals surface area contributed by atoms with Crippen LogP contribution >= 0.6 is 31.9 Å². The quantitative estimate of drug-likeness (QED) is 0.407. The van der Waals surface area contributed by atoms with Gasteiger partial charge in [0.15, 0.2) is 0 Å². The van der Waals surface area contributed by atoms with Gasteiger partial charge in [-0.1, -0.05) is 0 Å². The van der Waals surface area contributed by atoms with Gasteiger partial charge in [0.25, 0.3) is 11.6 Å². The van der Waals surface area contributed by atoms with E-state index in [0.29, 0.717) is 25.9 Å². The summed E-state index contributed by atoms with van der Waals surface area (Å²) in [4.78, 5) is 22.7. The Kier molecular flexibility index (Phi) is 5.14. The smallest absolute Gasteiger partial charge is 0.273 e. The van der Waals surface area contributed by atoms with Gasteiger partial charge in [-0.15, -0.1) is 0 Å². The molecule has 7 nitrogen and oxygen atoms in total. The van der Waals surface area contributed by atoms with Crippen molar-refractivity contribution in [1.82, 2.24) is 10.2 Å². The number of hydrogen-bond donors (Lipinski definition) is 2. The molecule has 2 N–H and O–H groups in total. The summed E-state index contributed by atoms with van der Waals surface area (Å²) in [5, 5.41) is 20.2. The second-order valence-electron chi connectivity index (χ2n) is 5.17. The van der Waals surface area contributed by atoms with Crippen molar-refractivity contribution < 1.29 is 14.1 Å². The average Bonchev–Trinajstić information content (AvgIpc) is 3.08. The molecule has 0 aliphatic rings. The molecule has 0 aliphatic carbocycles. The van der Waals surface area contributed by atoms with Gasteiger partial charge in [0.1, 0.15) is 11.5 Å². The van der Waals surface area contributed by atoms with E-state index in [2.05, 4.69) is 47.4 Å². The number of benzene rings is 2. The number of nitrogens with zero attached hydrogens (tertiary/aromatic N) is 2. The molecule has 10 heteroatoms. The van der Waals surface area contributed by atoms with Gasteiger partial charge in [-0.25, -0.2) is 4.39 Å². The van der Waals surface area contributed by atoms with Crippen molar-refractivity contribution in [3.05, 3.63) is 73.0 Å². The molecule has 0 bridgehead atoms. The van der Waals surface area contributed by atoms with Gasteiger partial charge in [0, 0.05) is 26.6 Å². The molecule has 1 amide bonds. The molecule has 3 aromatic rings. The minimum absolute atomic E-state index is 0.123. The van der Waals surface area contributed by atoms with Gasteiger partial charge in [-0.2, -0.15) is 5.10 Å². The number of non-ortho nitro benzene ring substituents is 1. The Morgan fingerprint density at radius 1 is 1.15 bits per heavy atom. The fraction of sp³-hybridized carbons (Fsp3) is 0. The highest BCUT2D eigenvalue weighted by Gasteiger charge is 2.18. The van der Waals surface area contributed by atoms with Gasteiger partial charge < -0.3 is 5.32 Å². The van der Waals surface area contributed by atoms with E-state index in [1.807, 2.05) is 0 Å². The molecule has 0 unspecified atom stereocenters. The van der Waals surface area contributed by atoms with Crippen LogP contribution in [0.5, 0.6) is 0 Å². The molecule has 2 aromatic carbocycles. The van der Waals surface area contributed by atoms with E-state index in [1.165, 1.54) is 30.3 Å². The van der Waals surface area contributed by atoms with Gasteiger partial charge in [-0.3, -0.25) is 20.0 Å². The second-order valence-corrected chi connectivity index (χ2v) is 6.88. The number of aromatic amines is 1. The highest BCUT2D eigenvalue weighted by atomic mass is 79.9. The first kappa shape index (κ1) is 18.2. The lowest BCUT2D eigenvalue weighted by Crippen LogP contribution is -2.13. The molecule has 26 heavy (non-hydrogen) atoms. The Morgan fingerprint density at radius 2 is 1.77 bits per heavy atom. The minimum atomic E-state index is -0.537. The van der Waals surface area contributed by atoms with Crippen molar-refractivity contribution in [2.24, 2.45) is 0 Å². The summed E-state index contributed by atoms with van der Waals surface area (Å²) in [5.74, 6) is -0.851. The summed E-state index contributed by atoms with van der Waals surface area (Å²) in [6, 6.07) is 9.81. The number of H-pyrrole nitrogens is 1. The first-order valence-electron chi connectivity index (χ1n) is 7.11. The monoisotopic (exact) mass is 482 g/mol. The number of halogens is 3. The Morgan fingerprint density at radius 3 is 2.35 bits per heavy atom. The summed E-state index contributed by atoms with van der Waals surface area (Å²) < 4.78 is 13.7. The van der Waals surface area contributed by atoms with Crippen LogP contribution in [0.2, 0.25) is 0 Å². The number of carbonyl (C=O) groups excluding carboxylic acids is 1. The number of amides is 1. The molecule has 0 saturated heterocycles. The largest absolute Gasteiger partial charge is 0.319 e. The van der Waals surface area contributed by atoms with Gasteiger partial charge >= 0.3 is 0 Å². The number of hydrogen-bond acceptors (Lipinski definition) is 4. The maximum Gasteiger partial charge on any atom is 0.273 e. The van der Waals surface area contributed by atoms with Crippen LogP contribution in [0.3, 0.4) is 0 Å². The number of nitrogens with one attached hydrogen (secondary N) is 2. The van der Waals surface area contributed by atoms with E-state index in [-0.39, 0.29) is 17.2 Å². The first-order chi connectivity index (χ1) is 12.3. The Balaban J connectivity index is 1.83. The van der Waals surface area contributed by atoms with Crippen LogP contribution in [0.1, 0.15) is 10.5 Å². The Bertz CT molecular complexity index is 982. The maximum atomic E-state index is 13.0. The summed E-state index contributed by atoms with van der Waals surface area (Å²) in [6.07, 6.45) is 0. The van der Waals surface area contributed by atoms with Crippen LogP contribution in [-0.4, -0.2) is 21.0 Å². The Hall–Kier alpha value is -2.59. The number of rotatable bonds is 4. The zero-order chi connectivity index (χ0) is 18.8. The molecule has 0 spiro atoms. The van der Waals surface area contributed by atoms with E-state index in [0.717, 1.165) is 0 Å². The summed E-state index contributed by atoms with van der Waals surface area (Å²) in [7, 11) is 0. The van der Waals surface area contributed by atoms with Gasteiger partial charge in [0.05, 0.1) is 16.3 Å². The molecule has 0 fully saturated rings. The van der Waals surface area contributed by atoms with Crippen LogP contribution in [-0.2, 0) is 0 Å². The number of anilines is 1. The maximum absolute atomic E-state index is 13.0. The zero-order valence-corrected chi connectivity index (χ0v) is 16.0. The van der Waals surface area contributed by atoms with Crippen molar-refractivity contribution in [2.75, 3.05) is 5.32 Å². The third-order valence-electron chi connectivity index (χ3n) is 3.44. The number of aromatic nitrogens is 2. The molecule has 1 heterocycles. The van der Waals surface area contributed by atoms with Crippen molar-refractivity contribution in [3.8, 4) is 11.3 Å². The molecule has 0 atom stereocenters. The fourth-order valence-electron chi connectivity index (χ4n) is 2.17. The van der Waals surface area contributed by atoms with Crippen LogP contribution < -0.4 is 5.32 Å². The zero-order valence-electron chi connectivity index (χ0n) is 12.8. The van der Waals surface area contributed by atoms with E-state index < -0.39 is 10.8 Å². The molecular formula is C16H9Br2FN4O3. The van der Waals surface area contributed by atoms with E-state index in [4.69, 9.17) is 0 Å². The van der Waals surface area contributed by atoms with E-state index >= 15 is 0 Å². The highest BCUT2D eigenvalue weighted by molar-refractivity contribution is 9.11. The molecular weight excluding hydrogens is 475 g/mol. The normalized spacial score (nSPS) is 10.6. The SMILES string of the molecule is O=C(Nc1c(Br)cc([N+](=O)[O-])cc1Br)c1cc(-c2ccc(F)cc2)n[nH]1. The number of carbonyl (C=O) groups is 1. The van der Waals surface area contributed by atoms with E-state index in [9.17, 15) is 19.3 Å². The Labute approximate surface area is 163 Å². The fourth-order valence-corrected chi connectivity index (χ4v) is 3.53. The van der Waals surface area contributed by atoms with Crippen molar-refractivity contribution in [2.45, 2.75) is 0 Å². The van der Waals surface area contributed by atoms with Crippen LogP contribution in [0.4, 0.5) is 15.8 Å².